The van der Waals surface area contributed by atoms with Gasteiger partial charge in [-0.15, -0.1) is 0 Å². The minimum absolute atomic E-state index is 0.141. The molecule has 0 fully saturated rings. The van der Waals surface area contributed by atoms with Crippen molar-refractivity contribution in [3.63, 3.8) is 0 Å². The van der Waals surface area contributed by atoms with Gasteiger partial charge in [0.05, 0.1) is 17.6 Å². The monoisotopic (exact) mass is 364 g/mol. The fraction of sp³-hybridized carbons (Fsp3) is 0.133. The summed E-state index contributed by atoms with van der Waals surface area (Å²) in [7, 11) is 1.23. The summed E-state index contributed by atoms with van der Waals surface area (Å²) in [5.74, 6) is -0.610. The zero-order chi connectivity index (χ0) is 16.1. The van der Waals surface area contributed by atoms with Gasteiger partial charge in [-0.2, -0.15) is 0 Å². The number of halogens is 1. The van der Waals surface area contributed by atoms with Crippen molar-refractivity contribution in [3.05, 3.63) is 68.2 Å². The minimum atomic E-state index is -0.610. The molecule has 0 saturated heterocycles. The number of esters is 1. The summed E-state index contributed by atoms with van der Waals surface area (Å²) in [6.45, 7) is 0.428. The summed E-state index contributed by atoms with van der Waals surface area (Å²) in [5.41, 5.74) is 1.29. The van der Waals surface area contributed by atoms with Gasteiger partial charge >= 0.3 is 5.97 Å². The van der Waals surface area contributed by atoms with Gasteiger partial charge in [0.1, 0.15) is 5.69 Å². The molecule has 22 heavy (non-hydrogen) atoms. The summed E-state index contributed by atoms with van der Waals surface area (Å²) < 4.78 is 5.50. The number of hydrogen-bond donors (Lipinski definition) is 1. The van der Waals surface area contributed by atoms with Gasteiger partial charge in [-0.05, 0) is 29.8 Å². The van der Waals surface area contributed by atoms with Gasteiger partial charge in [0.15, 0.2) is 0 Å². The zero-order valence-corrected chi connectivity index (χ0v) is 13.3. The first-order valence-electron chi connectivity index (χ1n) is 6.36. The van der Waals surface area contributed by atoms with Crippen molar-refractivity contribution < 1.29 is 14.5 Å². The van der Waals surface area contributed by atoms with Gasteiger partial charge in [-0.3, -0.25) is 10.1 Å². The van der Waals surface area contributed by atoms with E-state index in [4.69, 9.17) is 0 Å². The Hall–Kier alpha value is -2.41. The van der Waals surface area contributed by atoms with E-state index in [1.54, 1.807) is 0 Å². The molecular weight excluding hydrogens is 352 g/mol. The topological polar surface area (TPSA) is 81.5 Å². The molecule has 1 N–H and O–H groups in total. The number of rotatable bonds is 5. The lowest BCUT2D eigenvalue weighted by Crippen LogP contribution is -2.06. The van der Waals surface area contributed by atoms with Crippen LogP contribution in [-0.4, -0.2) is 18.0 Å². The van der Waals surface area contributed by atoms with Crippen LogP contribution in [0, 0.1) is 10.1 Å². The maximum absolute atomic E-state index is 11.4. The van der Waals surface area contributed by atoms with E-state index in [0.717, 1.165) is 10.0 Å². The van der Waals surface area contributed by atoms with Crippen LogP contribution in [0.1, 0.15) is 15.9 Å². The number of nitro benzene ring substituents is 1. The van der Waals surface area contributed by atoms with E-state index >= 15 is 0 Å². The van der Waals surface area contributed by atoms with Crippen molar-refractivity contribution in [1.82, 2.24) is 0 Å². The molecule has 0 spiro atoms. The Bertz CT molecular complexity index is 718. The van der Waals surface area contributed by atoms with Crippen LogP contribution in [0.25, 0.3) is 0 Å². The summed E-state index contributed by atoms with van der Waals surface area (Å²) in [4.78, 5) is 22.1. The number of methoxy groups -OCH3 is 1. The second kappa shape index (κ2) is 7.04. The van der Waals surface area contributed by atoms with Crippen molar-refractivity contribution in [3.8, 4) is 0 Å². The SMILES string of the molecule is COC(=O)c1ccc(NCc2cccc(Br)c2)c([N+](=O)[O-])c1. The van der Waals surface area contributed by atoms with Gasteiger partial charge < -0.3 is 10.1 Å². The molecule has 0 amide bonds. The maximum Gasteiger partial charge on any atom is 0.338 e. The average molecular weight is 365 g/mol. The van der Waals surface area contributed by atoms with Gasteiger partial charge in [0, 0.05) is 17.1 Å². The molecule has 0 aliphatic carbocycles. The highest BCUT2D eigenvalue weighted by Gasteiger charge is 2.17. The number of nitrogens with one attached hydrogen (secondary N) is 1. The lowest BCUT2D eigenvalue weighted by Gasteiger charge is -2.08. The third-order valence-electron chi connectivity index (χ3n) is 2.99. The van der Waals surface area contributed by atoms with E-state index in [0.29, 0.717) is 12.2 Å². The van der Waals surface area contributed by atoms with Crippen molar-refractivity contribution in [2.75, 3.05) is 12.4 Å². The summed E-state index contributed by atoms with van der Waals surface area (Å²) in [6, 6.07) is 11.8. The van der Waals surface area contributed by atoms with E-state index in [-0.39, 0.29) is 11.3 Å². The Morgan fingerprint density at radius 3 is 2.73 bits per heavy atom. The van der Waals surface area contributed by atoms with E-state index in [1.807, 2.05) is 24.3 Å². The van der Waals surface area contributed by atoms with Crippen LogP contribution in [0.5, 0.6) is 0 Å². The molecule has 114 valence electrons. The van der Waals surface area contributed by atoms with Gasteiger partial charge in [0.25, 0.3) is 5.69 Å². The molecule has 0 aliphatic rings. The van der Waals surface area contributed by atoms with Gasteiger partial charge in [0.2, 0.25) is 0 Å². The molecule has 2 aromatic rings. The smallest absolute Gasteiger partial charge is 0.338 e. The zero-order valence-electron chi connectivity index (χ0n) is 11.7. The molecule has 6 nitrogen and oxygen atoms in total. The number of nitrogens with zero attached hydrogens (tertiary/aromatic N) is 1. The van der Waals surface area contributed by atoms with Crippen LogP contribution in [-0.2, 0) is 11.3 Å². The molecule has 2 rings (SSSR count). The number of nitro groups is 1. The molecule has 0 saturated carbocycles. The molecule has 0 unspecified atom stereocenters. The molecule has 0 radical (unpaired) electrons. The second-order valence-electron chi connectivity index (χ2n) is 4.46. The van der Waals surface area contributed by atoms with Crippen LogP contribution in [0.2, 0.25) is 0 Å². The first-order valence-corrected chi connectivity index (χ1v) is 7.15. The minimum Gasteiger partial charge on any atom is -0.465 e. The lowest BCUT2D eigenvalue weighted by atomic mass is 10.1. The van der Waals surface area contributed by atoms with E-state index in [9.17, 15) is 14.9 Å². The van der Waals surface area contributed by atoms with Crippen molar-refractivity contribution in [2.24, 2.45) is 0 Å². The fourth-order valence-corrected chi connectivity index (χ4v) is 2.37. The van der Waals surface area contributed by atoms with Crippen molar-refractivity contribution >= 4 is 33.3 Å². The predicted molar refractivity (Wildman–Crippen MR) is 85.9 cm³/mol. The largest absolute Gasteiger partial charge is 0.465 e. The van der Waals surface area contributed by atoms with Gasteiger partial charge in [-0.1, -0.05) is 28.1 Å². The molecule has 7 heteroatoms. The van der Waals surface area contributed by atoms with Crippen LogP contribution < -0.4 is 5.32 Å². The number of hydrogen-bond acceptors (Lipinski definition) is 5. The van der Waals surface area contributed by atoms with Crippen LogP contribution >= 0.6 is 15.9 Å². The average Bonchev–Trinajstić information content (AvgIpc) is 2.52. The summed E-state index contributed by atoms with van der Waals surface area (Å²) in [5, 5.41) is 14.2. The lowest BCUT2D eigenvalue weighted by molar-refractivity contribution is -0.384. The standard InChI is InChI=1S/C15H13BrN2O4/c1-22-15(19)11-5-6-13(14(8-11)18(20)21)17-9-10-3-2-4-12(16)7-10/h2-8,17H,9H2,1H3. The number of ether oxygens (including phenoxy) is 1. The Morgan fingerprint density at radius 1 is 1.32 bits per heavy atom. The maximum atomic E-state index is 11.4. The molecule has 0 aromatic heterocycles. The highest BCUT2D eigenvalue weighted by atomic mass is 79.9. The normalized spacial score (nSPS) is 10.1. The third kappa shape index (κ3) is 3.82. The molecule has 0 aliphatic heterocycles. The Labute approximate surface area is 135 Å². The Balaban J connectivity index is 2.23. The summed E-state index contributed by atoms with van der Waals surface area (Å²) in [6.07, 6.45) is 0. The van der Waals surface area contributed by atoms with Crippen molar-refractivity contribution in [2.45, 2.75) is 6.54 Å². The predicted octanol–water partition coefficient (Wildman–Crippen LogP) is 3.76. The quantitative estimate of drug-likeness (QED) is 0.496. The van der Waals surface area contributed by atoms with Gasteiger partial charge in [-0.25, -0.2) is 4.79 Å². The summed E-state index contributed by atoms with van der Waals surface area (Å²) >= 11 is 3.37. The van der Waals surface area contributed by atoms with E-state index in [2.05, 4.69) is 26.0 Å². The number of benzene rings is 2. The number of carbonyl (C=O) groups is 1. The molecule has 2 aromatic carbocycles. The van der Waals surface area contributed by atoms with E-state index < -0.39 is 10.9 Å². The second-order valence-corrected chi connectivity index (χ2v) is 5.38. The van der Waals surface area contributed by atoms with E-state index in [1.165, 1.54) is 25.3 Å². The highest BCUT2D eigenvalue weighted by molar-refractivity contribution is 9.10. The number of anilines is 1. The van der Waals surface area contributed by atoms with Crippen LogP contribution in [0.4, 0.5) is 11.4 Å². The Morgan fingerprint density at radius 2 is 2.09 bits per heavy atom. The first-order chi connectivity index (χ1) is 10.5. The van der Waals surface area contributed by atoms with Crippen molar-refractivity contribution in [1.29, 1.82) is 0 Å². The fourth-order valence-electron chi connectivity index (χ4n) is 1.92. The molecule has 0 atom stereocenters. The first kappa shape index (κ1) is 16.0. The highest BCUT2D eigenvalue weighted by Crippen LogP contribution is 2.26. The molecule has 0 bridgehead atoms. The van der Waals surface area contributed by atoms with Crippen LogP contribution in [0.15, 0.2) is 46.9 Å². The third-order valence-corrected chi connectivity index (χ3v) is 3.48. The van der Waals surface area contributed by atoms with Crippen LogP contribution in [0.3, 0.4) is 0 Å². The Kier molecular flexibility index (Phi) is 5.11. The molecule has 0 heterocycles. The molecular formula is C15H13BrN2O4. The number of carbonyl (C=O) groups excluding carboxylic acids is 1.